The van der Waals surface area contributed by atoms with E-state index >= 15 is 0 Å². The van der Waals surface area contributed by atoms with E-state index in [9.17, 15) is 28.8 Å². The van der Waals surface area contributed by atoms with Gasteiger partial charge in [-0.25, -0.2) is 14.4 Å². The predicted octanol–water partition coefficient (Wildman–Crippen LogP) is 8.86. The number of unbranched alkanes of at least 4 members (excludes halogenated alkanes) is 8. The van der Waals surface area contributed by atoms with Gasteiger partial charge in [-0.1, -0.05) is 58.8 Å². The van der Waals surface area contributed by atoms with Crippen molar-refractivity contribution < 1.29 is 48.1 Å². The number of esters is 2. The number of benzene rings is 2. The number of amides is 3. The first kappa shape index (κ1) is 52.7. The Morgan fingerprint density at radius 2 is 1.02 bits per heavy atom. The number of carboxylic acid groups (broad SMARTS) is 1. The van der Waals surface area contributed by atoms with Crippen LogP contribution in [0.4, 0.5) is 27.5 Å². The van der Waals surface area contributed by atoms with Crippen LogP contribution in [0.3, 0.4) is 0 Å². The SMILES string of the molecule is CCCCCCC(=O)Nc1cc(NC(=O)CCCCCNC(=O)OC(C)(C)C)cc(C(=O)OCC)c1.CCCCCCC(=O)O.CCOC(=O)c1cc(N)cc(N)c1. The van der Waals surface area contributed by atoms with Crippen LogP contribution in [0.1, 0.15) is 159 Å². The Morgan fingerprint density at radius 1 is 0.586 bits per heavy atom. The van der Waals surface area contributed by atoms with Crippen molar-refractivity contribution in [2.24, 2.45) is 0 Å². The second-order valence-corrected chi connectivity index (χ2v) is 14.5. The van der Waals surface area contributed by atoms with Crippen molar-refractivity contribution in [3.05, 3.63) is 47.5 Å². The maximum Gasteiger partial charge on any atom is 0.407 e. The Morgan fingerprint density at radius 3 is 1.43 bits per heavy atom. The smallest absolute Gasteiger partial charge is 0.407 e. The maximum atomic E-state index is 12.4. The molecule has 0 radical (unpaired) electrons. The van der Waals surface area contributed by atoms with E-state index in [-0.39, 0.29) is 30.4 Å². The lowest BCUT2D eigenvalue weighted by Crippen LogP contribution is -2.33. The van der Waals surface area contributed by atoms with Gasteiger partial charge in [0, 0.05) is 48.6 Å². The number of aliphatic carboxylic acids is 1. The highest BCUT2D eigenvalue weighted by Crippen LogP contribution is 2.21. The predicted molar refractivity (Wildman–Crippen MR) is 229 cm³/mol. The van der Waals surface area contributed by atoms with Crippen LogP contribution in [-0.2, 0) is 28.6 Å². The molecule has 2 aromatic rings. The van der Waals surface area contributed by atoms with Crippen LogP contribution in [-0.4, -0.2) is 66.3 Å². The third kappa shape index (κ3) is 28.1. The number of ether oxygens (including phenoxy) is 3. The van der Waals surface area contributed by atoms with Gasteiger partial charge in [-0.15, -0.1) is 0 Å². The molecule has 2 aromatic carbocycles. The average Bonchev–Trinajstić information content (AvgIpc) is 3.13. The molecule has 15 nitrogen and oxygen atoms in total. The molecule has 0 heterocycles. The second kappa shape index (κ2) is 30.8. The van der Waals surface area contributed by atoms with E-state index in [0.717, 1.165) is 57.8 Å². The zero-order valence-corrected chi connectivity index (χ0v) is 35.8. The molecule has 0 saturated heterocycles. The summed E-state index contributed by atoms with van der Waals surface area (Å²) >= 11 is 0. The monoisotopic (exact) mass is 816 g/mol. The van der Waals surface area contributed by atoms with Crippen LogP contribution in [0.25, 0.3) is 0 Å². The summed E-state index contributed by atoms with van der Waals surface area (Å²) in [5.41, 5.74) is 12.9. The van der Waals surface area contributed by atoms with Gasteiger partial charge in [-0.3, -0.25) is 14.4 Å². The first-order valence-electron chi connectivity index (χ1n) is 20.4. The summed E-state index contributed by atoms with van der Waals surface area (Å²) in [6.07, 6.45) is 10.9. The summed E-state index contributed by atoms with van der Waals surface area (Å²) in [5, 5.41) is 16.5. The molecule has 0 aliphatic heterocycles. The summed E-state index contributed by atoms with van der Waals surface area (Å²) < 4.78 is 15.1. The minimum Gasteiger partial charge on any atom is -0.481 e. The summed E-state index contributed by atoms with van der Waals surface area (Å²) in [5.74, 6) is -1.94. The van der Waals surface area contributed by atoms with Crippen molar-refractivity contribution in [3.63, 3.8) is 0 Å². The van der Waals surface area contributed by atoms with E-state index in [2.05, 4.69) is 29.8 Å². The molecule has 0 aliphatic carbocycles. The number of carboxylic acids is 1. The summed E-state index contributed by atoms with van der Waals surface area (Å²) in [6.45, 7) is 14.1. The third-order valence-electron chi connectivity index (χ3n) is 7.75. The van der Waals surface area contributed by atoms with Crippen molar-refractivity contribution in [2.45, 2.75) is 144 Å². The quantitative estimate of drug-likeness (QED) is 0.0283. The highest BCUT2D eigenvalue weighted by atomic mass is 16.6. The van der Waals surface area contributed by atoms with E-state index in [1.54, 1.807) is 52.8 Å². The van der Waals surface area contributed by atoms with Crippen LogP contribution >= 0.6 is 0 Å². The molecule has 0 unspecified atom stereocenters. The van der Waals surface area contributed by atoms with Crippen LogP contribution in [0.15, 0.2) is 36.4 Å². The number of carbonyl (C=O) groups excluding carboxylic acids is 5. The largest absolute Gasteiger partial charge is 0.481 e. The van der Waals surface area contributed by atoms with Gasteiger partial charge in [0.2, 0.25) is 11.8 Å². The van der Waals surface area contributed by atoms with E-state index in [4.69, 9.17) is 30.8 Å². The molecule has 8 N–H and O–H groups in total. The molecule has 0 bridgehead atoms. The van der Waals surface area contributed by atoms with Gasteiger partial charge >= 0.3 is 24.0 Å². The summed E-state index contributed by atoms with van der Waals surface area (Å²) in [7, 11) is 0. The average molecular weight is 816 g/mol. The lowest BCUT2D eigenvalue weighted by atomic mass is 10.1. The maximum absolute atomic E-state index is 12.4. The third-order valence-corrected chi connectivity index (χ3v) is 7.75. The molecule has 0 aliphatic rings. The molecule has 15 heteroatoms. The molecule has 0 fully saturated rings. The second-order valence-electron chi connectivity index (χ2n) is 14.5. The standard InChI is InChI=1S/C27H43N3O6.C9H12N2O2.C7H14O2/c1-6-8-9-11-14-23(31)29-21-17-20(25(33)35-7-2)18-22(19-21)30-24(32)15-12-10-13-16-28-26(34)36-27(3,4)5;1-2-13-9(12)6-3-7(10)5-8(11)4-6;1-2-3-4-5-6-7(8)9/h17-19H,6-16H2,1-5H3,(H,28,34)(H,29,31)(H,30,32);3-5H,2,10-11H2,1H3;2-6H2,1H3,(H,8,9). The lowest BCUT2D eigenvalue weighted by molar-refractivity contribution is -0.137. The molecule has 58 heavy (non-hydrogen) atoms. The van der Waals surface area contributed by atoms with Gasteiger partial charge in [0.05, 0.1) is 24.3 Å². The number of nitrogen functional groups attached to an aromatic ring is 2. The Kier molecular flexibility index (Phi) is 27.9. The fourth-order valence-electron chi connectivity index (χ4n) is 5.07. The topological polar surface area (TPSA) is 238 Å². The van der Waals surface area contributed by atoms with Crippen molar-refractivity contribution >= 4 is 58.6 Å². The molecule has 0 saturated carbocycles. The minimum atomic E-state index is -0.675. The number of nitrogens with two attached hydrogens (primary N) is 2. The molecule has 0 aromatic heterocycles. The minimum absolute atomic E-state index is 0.135. The molecule has 326 valence electrons. The van der Waals surface area contributed by atoms with Crippen molar-refractivity contribution in [1.82, 2.24) is 5.32 Å². The Labute approximate surface area is 344 Å². The molecule has 0 atom stereocenters. The highest BCUT2D eigenvalue weighted by Gasteiger charge is 2.16. The Balaban J connectivity index is 0.00000119. The van der Waals surface area contributed by atoms with Crippen LogP contribution < -0.4 is 27.4 Å². The Hall–Kier alpha value is -5.34. The van der Waals surface area contributed by atoms with Crippen LogP contribution in [0.2, 0.25) is 0 Å². The molecular formula is C43H69N5O10. The van der Waals surface area contributed by atoms with E-state index < -0.39 is 29.6 Å². The van der Waals surface area contributed by atoms with Crippen LogP contribution in [0, 0.1) is 0 Å². The van der Waals surface area contributed by atoms with Gasteiger partial charge < -0.3 is 46.7 Å². The van der Waals surface area contributed by atoms with Crippen LogP contribution in [0.5, 0.6) is 0 Å². The number of nitrogens with one attached hydrogen (secondary N) is 3. The van der Waals surface area contributed by atoms with Crippen molar-refractivity contribution in [2.75, 3.05) is 41.9 Å². The number of rotatable bonds is 22. The van der Waals surface area contributed by atoms with Gasteiger partial charge in [0.15, 0.2) is 0 Å². The number of hydrogen-bond acceptors (Lipinski definition) is 11. The fraction of sp³-hybridized carbons (Fsp3) is 0.581. The first-order chi connectivity index (χ1) is 27.4. The first-order valence-corrected chi connectivity index (χ1v) is 20.4. The summed E-state index contributed by atoms with van der Waals surface area (Å²) in [6, 6.07) is 9.38. The van der Waals surface area contributed by atoms with Gasteiger partial charge in [0.25, 0.3) is 0 Å². The molecule has 3 amide bonds. The number of carbonyl (C=O) groups is 6. The number of alkyl carbamates (subject to hydrolysis) is 1. The zero-order chi connectivity index (χ0) is 43.9. The van der Waals surface area contributed by atoms with Crippen molar-refractivity contribution in [3.8, 4) is 0 Å². The van der Waals surface area contributed by atoms with Gasteiger partial charge in [-0.05, 0) is 96.7 Å². The van der Waals surface area contributed by atoms with Gasteiger partial charge in [0.1, 0.15) is 5.60 Å². The zero-order valence-electron chi connectivity index (χ0n) is 35.8. The highest BCUT2D eigenvalue weighted by molar-refractivity contribution is 5.98. The lowest BCUT2D eigenvalue weighted by Gasteiger charge is -2.19. The molecular weight excluding hydrogens is 746 g/mol. The normalized spacial score (nSPS) is 10.4. The Bertz CT molecular complexity index is 1540. The molecule has 2 rings (SSSR count). The van der Waals surface area contributed by atoms with Gasteiger partial charge in [-0.2, -0.15) is 0 Å². The fourth-order valence-corrected chi connectivity index (χ4v) is 5.07. The van der Waals surface area contributed by atoms with E-state index in [1.807, 2.05) is 0 Å². The van der Waals surface area contributed by atoms with E-state index in [1.165, 1.54) is 24.6 Å². The van der Waals surface area contributed by atoms with E-state index in [0.29, 0.717) is 60.7 Å². The molecule has 0 spiro atoms. The number of hydrogen-bond donors (Lipinski definition) is 6. The van der Waals surface area contributed by atoms with Crippen molar-refractivity contribution in [1.29, 1.82) is 0 Å². The summed E-state index contributed by atoms with van der Waals surface area (Å²) in [4.78, 5) is 69.8. The number of anilines is 4.